The lowest BCUT2D eigenvalue weighted by atomic mass is 10.0. The normalized spacial score (nSPS) is 24.4. The first-order chi connectivity index (χ1) is 12.6. The van der Waals surface area contributed by atoms with E-state index in [0.717, 1.165) is 44.1 Å². The van der Waals surface area contributed by atoms with Crippen LogP contribution in [0.3, 0.4) is 0 Å². The fourth-order valence-corrected chi connectivity index (χ4v) is 4.42. The lowest BCUT2D eigenvalue weighted by Crippen LogP contribution is -2.53. The van der Waals surface area contributed by atoms with Crippen molar-refractivity contribution in [2.45, 2.75) is 37.9 Å². The van der Waals surface area contributed by atoms with Crippen molar-refractivity contribution in [2.75, 3.05) is 39.9 Å². The van der Waals surface area contributed by atoms with Crippen LogP contribution in [0.2, 0.25) is 10.0 Å². The van der Waals surface area contributed by atoms with Gasteiger partial charge < -0.3 is 19.7 Å². The fraction of sp³-hybridized carbons (Fsp3) is 0.632. The first kappa shape index (κ1) is 23.0. The van der Waals surface area contributed by atoms with E-state index in [1.165, 1.54) is 0 Å². The van der Waals surface area contributed by atoms with Crippen LogP contribution in [-0.4, -0.2) is 63.0 Å². The van der Waals surface area contributed by atoms with Gasteiger partial charge in [0.25, 0.3) is 0 Å². The molecule has 0 aromatic heterocycles. The Bertz CT molecular complexity index is 621. The van der Waals surface area contributed by atoms with E-state index in [9.17, 15) is 0 Å². The molecule has 0 radical (unpaired) electrons. The Labute approximate surface area is 188 Å². The topological polar surface area (TPSA) is 46.1 Å². The molecule has 2 aliphatic rings. The molecular weight excluding hydrogens is 500 g/mol. The number of ether oxygens (including phenoxy) is 2. The third kappa shape index (κ3) is 5.85. The molecule has 3 unspecified atom stereocenters. The smallest absolute Gasteiger partial charge is 0.193 e. The van der Waals surface area contributed by atoms with Gasteiger partial charge >= 0.3 is 0 Å². The van der Waals surface area contributed by atoms with E-state index in [1.54, 1.807) is 0 Å². The number of nitrogens with one attached hydrogen (secondary N) is 1. The average Bonchev–Trinajstić information content (AvgIpc) is 3.17. The summed E-state index contributed by atoms with van der Waals surface area (Å²) in [6, 6.07) is 5.62. The van der Waals surface area contributed by atoms with Gasteiger partial charge in [-0.15, -0.1) is 24.0 Å². The number of hydrogen-bond donors (Lipinski definition) is 1. The summed E-state index contributed by atoms with van der Waals surface area (Å²) in [5.41, 5.74) is 0.970. The first-order valence-corrected chi connectivity index (χ1v) is 9.98. The maximum atomic E-state index is 6.33. The molecule has 1 aromatic carbocycles. The SMILES string of the molecule is CN=C(NCC(C)c1c(Cl)cccc1Cl)N1CCOC(C2CCCO2)C1.I. The molecule has 0 saturated carbocycles. The van der Waals surface area contributed by atoms with Gasteiger partial charge in [0.2, 0.25) is 0 Å². The monoisotopic (exact) mass is 527 g/mol. The molecule has 27 heavy (non-hydrogen) atoms. The number of benzene rings is 1. The molecule has 0 bridgehead atoms. The molecule has 2 aliphatic heterocycles. The average molecular weight is 528 g/mol. The molecule has 152 valence electrons. The Morgan fingerprint density at radius 1 is 1.26 bits per heavy atom. The summed E-state index contributed by atoms with van der Waals surface area (Å²) in [5, 5.41) is 4.87. The number of guanidine groups is 1. The van der Waals surface area contributed by atoms with Gasteiger partial charge in [-0.25, -0.2) is 0 Å². The number of hydrogen-bond acceptors (Lipinski definition) is 3. The molecule has 2 saturated heterocycles. The van der Waals surface area contributed by atoms with Crippen molar-refractivity contribution < 1.29 is 9.47 Å². The maximum absolute atomic E-state index is 6.33. The van der Waals surface area contributed by atoms with Crippen molar-refractivity contribution in [3.8, 4) is 0 Å². The van der Waals surface area contributed by atoms with E-state index in [2.05, 4.69) is 22.1 Å². The van der Waals surface area contributed by atoms with E-state index in [0.29, 0.717) is 23.2 Å². The van der Waals surface area contributed by atoms with E-state index in [4.69, 9.17) is 32.7 Å². The molecule has 0 spiro atoms. The van der Waals surface area contributed by atoms with Gasteiger partial charge in [0.05, 0.1) is 12.7 Å². The van der Waals surface area contributed by atoms with Crippen LogP contribution in [0.4, 0.5) is 0 Å². The van der Waals surface area contributed by atoms with Crippen LogP contribution in [0.25, 0.3) is 0 Å². The zero-order chi connectivity index (χ0) is 18.5. The third-order valence-corrected chi connectivity index (χ3v) is 5.70. The highest BCUT2D eigenvalue weighted by Crippen LogP contribution is 2.31. The molecule has 5 nitrogen and oxygen atoms in total. The molecule has 3 rings (SSSR count). The van der Waals surface area contributed by atoms with Gasteiger partial charge in [-0.05, 0) is 30.5 Å². The molecule has 2 fully saturated rings. The number of halogens is 3. The van der Waals surface area contributed by atoms with Crippen LogP contribution in [0.5, 0.6) is 0 Å². The van der Waals surface area contributed by atoms with Crippen molar-refractivity contribution in [3.05, 3.63) is 33.8 Å². The minimum absolute atomic E-state index is 0. The maximum Gasteiger partial charge on any atom is 0.193 e. The summed E-state index contributed by atoms with van der Waals surface area (Å²) in [6.07, 6.45) is 2.51. The molecule has 3 atom stereocenters. The minimum Gasteiger partial charge on any atom is -0.375 e. The van der Waals surface area contributed by atoms with E-state index >= 15 is 0 Å². The second-order valence-corrected chi connectivity index (χ2v) is 7.69. The van der Waals surface area contributed by atoms with Crippen LogP contribution in [0, 0.1) is 0 Å². The van der Waals surface area contributed by atoms with Gasteiger partial charge in [-0.1, -0.05) is 36.2 Å². The lowest BCUT2D eigenvalue weighted by Gasteiger charge is -2.37. The number of aliphatic imine (C=N–C) groups is 1. The predicted molar refractivity (Wildman–Crippen MR) is 122 cm³/mol. The summed E-state index contributed by atoms with van der Waals surface area (Å²) < 4.78 is 11.7. The van der Waals surface area contributed by atoms with E-state index in [1.807, 2.05) is 25.2 Å². The van der Waals surface area contributed by atoms with E-state index < -0.39 is 0 Å². The van der Waals surface area contributed by atoms with Crippen molar-refractivity contribution in [1.82, 2.24) is 10.2 Å². The van der Waals surface area contributed by atoms with Gasteiger partial charge in [-0.2, -0.15) is 0 Å². The largest absolute Gasteiger partial charge is 0.375 e. The predicted octanol–water partition coefficient (Wildman–Crippen LogP) is 4.17. The van der Waals surface area contributed by atoms with Crippen LogP contribution in [-0.2, 0) is 9.47 Å². The molecule has 8 heteroatoms. The Kier molecular flexibility index (Phi) is 9.41. The van der Waals surface area contributed by atoms with Gasteiger partial charge in [0, 0.05) is 49.3 Å². The Hall–Kier alpha value is -0.280. The highest BCUT2D eigenvalue weighted by Gasteiger charge is 2.32. The molecule has 0 amide bonds. The summed E-state index contributed by atoms with van der Waals surface area (Å²) in [7, 11) is 1.81. The van der Waals surface area contributed by atoms with Crippen molar-refractivity contribution in [1.29, 1.82) is 0 Å². The zero-order valence-electron chi connectivity index (χ0n) is 15.8. The van der Waals surface area contributed by atoms with Crippen molar-refractivity contribution >= 4 is 53.1 Å². The second-order valence-electron chi connectivity index (χ2n) is 6.87. The van der Waals surface area contributed by atoms with E-state index in [-0.39, 0.29) is 42.1 Å². The Balaban J connectivity index is 0.00000261. The van der Waals surface area contributed by atoms with Crippen molar-refractivity contribution in [2.24, 2.45) is 4.99 Å². The molecule has 1 N–H and O–H groups in total. The standard InChI is InChI=1S/C19H27Cl2N3O2.HI/c1-13(18-14(20)5-3-6-15(18)21)11-23-19(22-2)24-8-10-26-17(12-24)16-7-4-9-25-16;/h3,5-6,13,16-17H,4,7-12H2,1-2H3,(H,22,23);1H. The molecule has 0 aliphatic carbocycles. The highest BCUT2D eigenvalue weighted by atomic mass is 127. The van der Waals surface area contributed by atoms with Gasteiger partial charge in [0.1, 0.15) is 6.10 Å². The summed E-state index contributed by atoms with van der Waals surface area (Å²) >= 11 is 12.7. The fourth-order valence-electron chi connectivity index (χ4n) is 3.65. The lowest BCUT2D eigenvalue weighted by molar-refractivity contribution is -0.0817. The summed E-state index contributed by atoms with van der Waals surface area (Å²) in [5.74, 6) is 1.05. The van der Waals surface area contributed by atoms with Crippen LogP contribution < -0.4 is 5.32 Å². The minimum atomic E-state index is 0. The zero-order valence-corrected chi connectivity index (χ0v) is 19.6. The number of nitrogens with zero attached hydrogens (tertiary/aromatic N) is 2. The third-order valence-electron chi connectivity index (χ3n) is 5.04. The number of rotatable bonds is 4. The first-order valence-electron chi connectivity index (χ1n) is 9.23. The van der Waals surface area contributed by atoms with Crippen molar-refractivity contribution in [3.63, 3.8) is 0 Å². The quantitative estimate of drug-likeness (QED) is 0.362. The molecular formula is C19H28Cl2IN3O2. The summed E-state index contributed by atoms with van der Waals surface area (Å²) in [6.45, 7) is 5.97. The Morgan fingerprint density at radius 2 is 1.96 bits per heavy atom. The Morgan fingerprint density at radius 3 is 2.59 bits per heavy atom. The van der Waals surface area contributed by atoms with Crippen LogP contribution in [0.15, 0.2) is 23.2 Å². The molecule has 2 heterocycles. The summed E-state index contributed by atoms with van der Waals surface area (Å²) in [4.78, 5) is 6.70. The van der Waals surface area contributed by atoms with Gasteiger partial charge in [0.15, 0.2) is 5.96 Å². The second kappa shape index (κ2) is 11.0. The van der Waals surface area contributed by atoms with Crippen LogP contribution in [0.1, 0.15) is 31.2 Å². The van der Waals surface area contributed by atoms with Gasteiger partial charge in [-0.3, -0.25) is 4.99 Å². The van der Waals surface area contributed by atoms with Crippen LogP contribution >= 0.6 is 47.2 Å². The molecule has 1 aromatic rings. The number of morpholine rings is 1. The highest BCUT2D eigenvalue weighted by molar-refractivity contribution is 14.0.